The lowest BCUT2D eigenvalue weighted by molar-refractivity contribution is -0.121. The van der Waals surface area contributed by atoms with Gasteiger partial charge in [0.25, 0.3) is 5.56 Å². The molecule has 1 amide bonds. The molecule has 0 unspecified atom stereocenters. The second-order valence-electron chi connectivity index (χ2n) is 8.13. The first-order valence-electron chi connectivity index (χ1n) is 11.9. The first-order valence-corrected chi connectivity index (χ1v) is 11.9. The zero-order valence-electron chi connectivity index (χ0n) is 20.1. The molecule has 182 valence electrons. The third-order valence-corrected chi connectivity index (χ3v) is 5.53. The molecule has 0 aliphatic carbocycles. The Morgan fingerprint density at radius 3 is 2.40 bits per heavy atom. The molecule has 0 spiro atoms. The van der Waals surface area contributed by atoms with Gasteiger partial charge in [-0.05, 0) is 61.4 Å². The minimum atomic E-state index is -0.187. The maximum atomic E-state index is 12.9. The molecule has 35 heavy (non-hydrogen) atoms. The minimum absolute atomic E-state index is 0.119. The third-order valence-electron chi connectivity index (χ3n) is 5.53. The summed E-state index contributed by atoms with van der Waals surface area (Å²) in [7, 11) is 0. The van der Waals surface area contributed by atoms with E-state index < -0.39 is 0 Å². The number of fused-ring (bicyclic) bond motifs is 1. The van der Waals surface area contributed by atoms with Gasteiger partial charge < -0.3 is 19.4 Å². The molecule has 0 fully saturated rings. The molecule has 8 nitrogen and oxygen atoms in total. The fourth-order valence-corrected chi connectivity index (χ4v) is 3.67. The van der Waals surface area contributed by atoms with Crippen LogP contribution in [0.15, 0.2) is 71.8 Å². The molecule has 2 heterocycles. The number of hydrogen-bond donors (Lipinski definition) is 1. The third kappa shape index (κ3) is 6.09. The topological polar surface area (TPSA) is 86.9 Å². The minimum Gasteiger partial charge on any atom is -0.494 e. The van der Waals surface area contributed by atoms with Gasteiger partial charge in [0.2, 0.25) is 5.91 Å². The SMILES string of the molecule is CCCOc1ccc(CNC(=O)CCn2ccn3nc(-c4ccc(OCC)cc4)cc3c2=O)cc1. The standard InChI is InChI=1S/C27H30N4O4/c1-3-17-35-23-9-5-20(6-10-23)19-28-26(32)13-14-30-15-16-31-25(27(30)33)18-24(29-31)21-7-11-22(12-8-21)34-4-2/h5-12,15-16,18H,3-4,13-14,17,19H2,1-2H3,(H,28,32). The molecule has 2 aromatic carbocycles. The second kappa shape index (κ2) is 11.4. The van der Waals surface area contributed by atoms with Gasteiger partial charge in [0.05, 0.1) is 18.9 Å². The fraction of sp³-hybridized carbons (Fsp3) is 0.296. The number of nitrogens with one attached hydrogen (secondary N) is 1. The molecule has 2 aromatic heterocycles. The van der Waals surface area contributed by atoms with E-state index in [4.69, 9.17) is 9.47 Å². The summed E-state index contributed by atoms with van der Waals surface area (Å²) in [6.45, 7) is 6.00. The van der Waals surface area contributed by atoms with Crippen molar-refractivity contribution in [3.8, 4) is 22.8 Å². The maximum Gasteiger partial charge on any atom is 0.276 e. The van der Waals surface area contributed by atoms with Gasteiger partial charge in [0, 0.05) is 37.5 Å². The molecule has 0 saturated carbocycles. The molecule has 4 aromatic rings. The molecule has 0 aliphatic rings. The Bertz CT molecular complexity index is 1320. The van der Waals surface area contributed by atoms with E-state index in [0.29, 0.717) is 31.0 Å². The number of aryl methyl sites for hydroxylation is 1. The zero-order valence-corrected chi connectivity index (χ0v) is 20.1. The van der Waals surface area contributed by atoms with Gasteiger partial charge in [-0.15, -0.1) is 0 Å². The lowest BCUT2D eigenvalue weighted by atomic mass is 10.1. The van der Waals surface area contributed by atoms with Crippen LogP contribution in [0.25, 0.3) is 16.8 Å². The van der Waals surface area contributed by atoms with Crippen molar-refractivity contribution in [1.29, 1.82) is 0 Å². The average molecular weight is 475 g/mol. The smallest absolute Gasteiger partial charge is 0.276 e. The normalized spacial score (nSPS) is 10.9. The number of hydrogen-bond acceptors (Lipinski definition) is 5. The molecule has 0 bridgehead atoms. The summed E-state index contributed by atoms with van der Waals surface area (Å²) in [5.41, 5.74) is 2.86. The van der Waals surface area contributed by atoms with Crippen LogP contribution in [0.4, 0.5) is 0 Å². The first-order chi connectivity index (χ1) is 17.1. The molecule has 0 atom stereocenters. The van der Waals surface area contributed by atoms with Gasteiger partial charge >= 0.3 is 0 Å². The number of amides is 1. The van der Waals surface area contributed by atoms with Crippen molar-refractivity contribution in [2.75, 3.05) is 13.2 Å². The number of rotatable bonds is 11. The molecule has 0 radical (unpaired) electrons. The van der Waals surface area contributed by atoms with Crippen molar-refractivity contribution in [1.82, 2.24) is 19.5 Å². The number of nitrogens with zero attached hydrogens (tertiary/aromatic N) is 3. The van der Waals surface area contributed by atoms with Gasteiger partial charge in [-0.25, -0.2) is 4.52 Å². The summed E-state index contributed by atoms with van der Waals surface area (Å²) in [5, 5.41) is 7.42. The van der Waals surface area contributed by atoms with Crippen molar-refractivity contribution < 1.29 is 14.3 Å². The summed E-state index contributed by atoms with van der Waals surface area (Å²) in [6.07, 6.45) is 4.55. The van der Waals surface area contributed by atoms with E-state index in [-0.39, 0.29) is 24.4 Å². The molecular formula is C27H30N4O4. The number of carbonyl (C=O) groups excluding carboxylic acids is 1. The van der Waals surface area contributed by atoms with E-state index in [1.807, 2.05) is 55.5 Å². The molecule has 0 saturated heterocycles. The van der Waals surface area contributed by atoms with Crippen LogP contribution in [-0.2, 0) is 17.9 Å². The van der Waals surface area contributed by atoms with Gasteiger partial charge in [-0.1, -0.05) is 19.1 Å². The van der Waals surface area contributed by atoms with Gasteiger partial charge in [0.1, 0.15) is 17.0 Å². The van der Waals surface area contributed by atoms with E-state index in [1.165, 1.54) is 0 Å². The van der Waals surface area contributed by atoms with Gasteiger partial charge in [-0.3, -0.25) is 9.59 Å². The highest BCUT2D eigenvalue weighted by atomic mass is 16.5. The summed E-state index contributed by atoms with van der Waals surface area (Å²) in [6, 6.07) is 17.0. The van der Waals surface area contributed by atoms with Crippen molar-refractivity contribution in [2.45, 2.75) is 39.8 Å². The monoisotopic (exact) mass is 474 g/mol. The molecular weight excluding hydrogens is 444 g/mol. The number of benzene rings is 2. The van der Waals surface area contributed by atoms with Crippen LogP contribution in [0.5, 0.6) is 11.5 Å². The summed E-state index contributed by atoms with van der Waals surface area (Å²) >= 11 is 0. The van der Waals surface area contributed by atoms with E-state index >= 15 is 0 Å². The van der Waals surface area contributed by atoms with E-state index in [1.54, 1.807) is 27.5 Å². The molecule has 0 aliphatic heterocycles. The van der Waals surface area contributed by atoms with E-state index in [0.717, 1.165) is 29.0 Å². The molecule has 4 rings (SSSR count). The average Bonchev–Trinajstić information content (AvgIpc) is 3.32. The second-order valence-corrected chi connectivity index (χ2v) is 8.13. The number of carbonyl (C=O) groups is 1. The van der Waals surface area contributed by atoms with Crippen LogP contribution >= 0.6 is 0 Å². The largest absolute Gasteiger partial charge is 0.494 e. The van der Waals surface area contributed by atoms with Gasteiger partial charge in [-0.2, -0.15) is 5.10 Å². The Labute approximate surface area is 204 Å². The van der Waals surface area contributed by atoms with Crippen molar-refractivity contribution >= 4 is 11.4 Å². The number of aromatic nitrogens is 3. The van der Waals surface area contributed by atoms with E-state index in [2.05, 4.69) is 17.3 Å². The van der Waals surface area contributed by atoms with Crippen LogP contribution < -0.4 is 20.3 Å². The number of ether oxygens (including phenoxy) is 2. The van der Waals surface area contributed by atoms with Crippen LogP contribution in [0.3, 0.4) is 0 Å². The predicted octanol–water partition coefficient (Wildman–Crippen LogP) is 4.06. The predicted molar refractivity (Wildman–Crippen MR) is 135 cm³/mol. The summed E-state index contributed by atoms with van der Waals surface area (Å²) in [4.78, 5) is 25.3. The van der Waals surface area contributed by atoms with Gasteiger partial charge in [0.15, 0.2) is 0 Å². The van der Waals surface area contributed by atoms with E-state index in [9.17, 15) is 9.59 Å². The van der Waals surface area contributed by atoms with Crippen molar-refractivity contribution in [3.05, 3.63) is 82.9 Å². The van der Waals surface area contributed by atoms with Crippen molar-refractivity contribution in [3.63, 3.8) is 0 Å². The highest BCUT2D eigenvalue weighted by Gasteiger charge is 2.11. The lowest BCUT2D eigenvalue weighted by Crippen LogP contribution is -2.27. The Kier molecular flexibility index (Phi) is 7.82. The molecule has 8 heteroatoms. The van der Waals surface area contributed by atoms with Crippen LogP contribution in [0, 0.1) is 0 Å². The summed E-state index contributed by atoms with van der Waals surface area (Å²) in [5.74, 6) is 1.49. The fourth-order valence-electron chi connectivity index (χ4n) is 3.67. The quantitative estimate of drug-likeness (QED) is 0.354. The Morgan fingerprint density at radius 1 is 0.971 bits per heavy atom. The summed E-state index contributed by atoms with van der Waals surface area (Å²) < 4.78 is 14.2. The Morgan fingerprint density at radius 2 is 1.69 bits per heavy atom. The Balaban J connectivity index is 1.35. The van der Waals surface area contributed by atoms with Crippen molar-refractivity contribution in [2.24, 2.45) is 0 Å². The highest BCUT2D eigenvalue weighted by molar-refractivity contribution is 5.75. The Hall–Kier alpha value is -4.07. The zero-order chi connectivity index (χ0) is 24.6. The van der Waals surface area contributed by atoms with Crippen LogP contribution in [0.1, 0.15) is 32.3 Å². The molecule has 1 N–H and O–H groups in total. The lowest BCUT2D eigenvalue weighted by Gasteiger charge is -2.09. The highest BCUT2D eigenvalue weighted by Crippen LogP contribution is 2.22. The van der Waals surface area contributed by atoms with Crippen LogP contribution in [-0.4, -0.2) is 33.3 Å². The maximum absolute atomic E-state index is 12.9. The van der Waals surface area contributed by atoms with Crippen LogP contribution in [0.2, 0.25) is 0 Å². The first kappa shape index (κ1) is 24.1.